The summed E-state index contributed by atoms with van der Waals surface area (Å²) < 4.78 is 47.5. The average Bonchev–Trinajstić information content (AvgIpc) is 3.23. The Labute approximate surface area is 200 Å². The molecule has 4 rings (SSSR count). The smallest absolute Gasteiger partial charge is 0.422 e. The lowest BCUT2D eigenvalue weighted by Crippen LogP contribution is -2.24. The SMILES string of the molecule is COc1ccc(-c2[nH]c3ccccc3c2CCC(=O)NCc2cccnc2OCC(F)(F)F)cc1. The van der Waals surface area contributed by atoms with Crippen LogP contribution in [-0.2, 0) is 17.8 Å². The molecule has 0 saturated carbocycles. The highest BCUT2D eigenvalue weighted by atomic mass is 19.4. The van der Waals surface area contributed by atoms with E-state index in [1.807, 2.05) is 48.5 Å². The van der Waals surface area contributed by atoms with Crippen molar-refractivity contribution in [1.29, 1.82) is 0 Å². The minimum atomic E-state index is -4.47. The van der Waals surface area contributed by atoms with Crippen molar-refractivity contribution < 1.29 is 27.4 Å². The minimum Gasteiger partial charge on any atom is -0.497 e. The Balaban J connectivity index is 1.45. The Kier molecular flexibility index (Phi) is 7.24. The fraction of sp³-hybridized carbons (Fsp3) is 0.231. The first-order valence-corrected chi connectivity index (χ1v) is 11.0. The number of nitrogens with one attached hydrogen (secondary N) is 2. The normalized spacial score (nSPS) is 11.4. The minimum absolute atomic E-state index is 0.0130. The first-order valence-electron chi connectivity index (χ1n) is 11.0. The molecule has 0 atom stereocenters. The number of aromatic amines is 1. The molecule has 182 valence electrons. The van der Waals surface area contributed by atoms with Crippen molar-refractivity contribution in [2.45, 2.75) is 25.6 Å². The number of para-hydroxylation sites is 1. The number of pyridine rings is 1. The standard InChI is InChI=1S/C26H24F3N3O3/c1-34-19-10-8-17(9-11-19)24-21(20-6-2-3-7-22(20)32-24)12-13-23(33)31-15-18-5-4-14-30-25(18)35-16-26(27,28)29/h2-11,14,32H,12-13,15-16H2,1H3,(H,31,33). The summed E-state index contributed by atoms with van der Waals surface area (Å²) in [7, 11) is 1.61. The monoisotopic (exact) mass is 483 g/mol. The first-order chi connectivity index (χ1) is 16.8. The van der Waals surface area contributed by atoms with Gasteiger partial charge in [-0.05, 0) is 53.9 Å². The highest BCUT2D eigenvalue weighted by Crippen LogP contribution is 2.32. The summed E-state index contributed by atoms with van der Waals surface area (Å²) in [5.74, 6) is 0.366. The lowest BCUT2D eigenvalue weighted by Gasteiger charge is -2.12. The van der Waals surface area contributed by atoms with Gasteiger partial charge in [0.1, 0.15) is 5.75 Å². The number of hydrogen-bond acceptors (Lipinski definition) is 4. The van der Waals surface area contributed by atoms with Crippen LogP contribution in [0.15, 0.2) is 66.9 Å². The van der Waals surface area contributed by atoms with Gasteiger partial charge in [0.2, 0.25) is 11.8 Å². The second-order valence-corrected chi connectivity index (χ2v) is 7.90. The van der Waals surface area contributed by atoms with Crippen LogP contribution in [0.4, 0.5) is 13.2 Å². The van der Waals surface area contributed by atoms with Crippen LogP contribution >= 0.6 is 0 Å². The number of nitrogens with zero attached hydrogens (tertiary/aromatic N) is 1. The maximum Gasteiger partial charge on any atom is 0.422 e. The summed E-state index contributed by atoms with van der Waals surface area (Å²) in [4.78, 5) is 19.9. The van der Waals surface area contributed by atoms with Gasteiger partial charge in [-0.15, -0.1) is 0 Å². The summed E-state index contributed by atoms with van der Waals surface area (Å²) in [6.07, 6.45) is -2.46. The van der Waals surface area contributed by atoms with Crippen LogP contribution in [0.5, 0.6) is 11.6 Å². The Hall–Kier alpha value is -4.01. The maximum atomic E-state index is 12.6. The molecule has 0 bridgehead atoms. The first kappa shape index (κ1) is 24.1. The molecule has 0 spiro atoms. The molecular formula is C26H24F3N3O3. The molecule has 2 aromatic carbocycles. The van der Waals surface area contributed by atoms with E-state index < -0.39 is 12.8 Å². The highest BCUT2D eigenvalue weighted by Gasteiger charge is 2.29. The summed E-state index contributed by atoms with van der Waals surface area (Å²) in [5, 5.41) is 3.78. The van der Waals surface area contributed by atoms with Crippen LogP contribution in [-0.4, -0.2) is 35.8 Å². The lowest BCUT2D eigenvalue weighted by molar-refractivity contribution is -0.154. The van der Waals surface area contributed by atoms with Crippen molar-refractivity contribution in [3.05, 3.63) is 78.0 Å². The van der Waals surface area contributed by atoms with E-state index in [1.54, 1.807) is 19.2 Å². The van der Waals surface area contributed by atoms with Crippen molar-refractivity contribution in [3.8, 4) is 22.9 Å². The Morgan fingerprint density at radius 3 is 2.57 bits per heavy atom. The quantitative estimate of drug-likeness (QED) is 0.333. The van der Waals surface area contributed by atoms with Crippen LogP contribution in [0.3, 0.4) is 0 Å². The summed E-state index contributed by atoms with van der Waals surface area (Å²) in [6.45, 7) is -1.43. The van der Waals surface area contributed by atoms with Crippen molar-refractivity contribution in [3.63, 3.8) is 0 Å². The third-order valence-electron chi connectivity index (χ3n) is 5.49. The molecule has 2 N–H and O–H groups in total. The molecule has 0 unspecified atom stereocenters. The molecule has 6 nitrogen and oxygen atoms in total. The molecule has 0 fully saturated rings. The second kappa shape index (κ2) is 10.5. The van der Waals surface area contributed by atoms with E-state index >= 15 is 0 Å². The van der Waals surface area contributed by atoms with Gasteiger partial charge >= 0.3 is 6.18 Å². The maximum absolute atomic E-state index is 12.6. The van der Waals surface area contributed by atoms with Crippen molar-refractivity contribution >= 4 is 16.8 Å². The predicted octanol–water partition coefficient (Wildman–Crippen LogP) is 5.43. The summed E-state index contributed by atoms with van der Waals surface area (Å²) in [5.41, 5.74) is 4.25. The number of fused-ring (bicyclic) bond motifs is 1. The number of hydrogen-bond donors (Lipinski definition) is 2. The molecule has 2 heterocycles. The van der Waals surface area contributed by atoms with Crippen LogP contribution < -0.4 is 14.8 Å². The molecule has 35 heavy (non-hydrogen) atoms. The van der Waals surface area contributed by atoms with Gasteiger partial charge in [0.15, 0.2) is 6.61 Å². The number of H-pyrrole nitrogens is 1. The summed E-state index contributed by atoms with van der Waals surface area (Å²) >= 11 is 0. The van der Waals surface area contributed by atoms with Gasteiger partial charge in [-0.2, -0.15) is 13.2 Å². The second-order valence-electron chi connectivity index (χ2n) is 7.90. The number of alkyl halides is 3. The molecule has 0 aliphatic carbocycles. The third-order valence-corrected chi connectivity index (χ3v) is 5.49. The third kappa shape index (κ3) is 6.11. The fourth-order valence-corrected chi connectivity index (χ4v) is 3.82. The van der Waals surface area contributed by atoms with Gasteiger partial charge in [0, 0.05) is 41.3 Å². The van der Waals surface area contributed by atoms with Crippen LogP contribution in [0.25, 0.3) is 22.2 Å². The number of halogens is 3. The van der Waals surface area contributed by atoms with Gasteiger partial charge in [-0.25, -0.2) is 4.98 Å². The zero-order chi connectivity index (χ0) is 24.8. The average molecular weight is 483 g/mol. The molecule has 4 aromatic rings. The van der Waals surface area contributed by atoms with Crippen molar-refractivity contribution in [2.75, 3.05) is 13.7 Å². The molecule has 1 amide bonds. The van der Waals surface area contributed by atoms with Gasteiger partial charge in [-0.3, -0.25) is 4.79 Å². The van der Waals surface area contributed by atoms with Gasteiger partial charge < -0.3 is 19.8 Å². The van der Waals surface area contributed by atoms with E-state index in [0.717, 1.165) is 33.5 Å². The van der Waals surface area contributed by atoms with Crippen molar-refractivity contribution in [1.82, 2.24) is 15.3 Å². The molecule has 0 saturated heterocycles. The van der Waals surface area contributed by atoms with Crippen LogP contribution in [0.1, 0.15) is 17.5 Å². The number of aryl methyl sites for hydroxylation is 1. The van der Waals surface area contributed by atoms with Gasteiger partial charge in [0.05, 0.1) is 7.11 Å². The number of benzene rings is 2. The zero-order valence-corrected chi connectivity index (χ0v) is 19.0. The number of amides is 1. The zero-order valence-electron chi connectivity index (χ0n) is 19.0. The van der Waals surface area contributed by atoms with Gasteiger partial charge in [0.25, 0.3) is 0 Å². The van der Waals surface area contributed by atoms with E-state index in [1.165, 1.54) is 6.20 Å². The van der Waals surface area contributed by atoms with E-state index in [2.05, 4.69) is 15.3 Å². The Morgan fingerprint density at radius 2 is 1.83 bits per heavy atom. The number of rotatable bonds is 9. The number of aromatic nitrogens is 2. The van der Waals surface area contributed by atoms with E-state index in [-0.39, 0.29) is 24.8 Å². The molecular weight excluding hydrogens is 459 g/mol. The number of carbonyl (C=O) groups is 1. The van der Waals surface area contributed by atoms with E-state index in [4.69, 9.17) is 9.47 Å². The number of carbonyl (C=O) groups excluding carboxylic acids is 1. The van der Waals surface area contributed by atoms with Crippen LogP contribution in [0, 0.1) is 0 Å². The molecule has 0 aliphatic heterocycles. The van der Waals surface area contributed by atoms with Crippen molar-refractivity contribution in [2.24, 2.45) is 0 Å². The lowest BCUT2D eigenvalue weighted by atomic mass is 10.0. The Bertz CT molecular complexity index is 1300. The summed E-state index contributed by atoms with van der Waals surface area (Å²) in [6, 6.07) is 18.7. The Morgan fingerprint density at radius 1 is 1.06 bits per heavy atom. The van der Waals surface area contributed by atoms with E-state index in [0.29, 0.717) is 12.0 Å². The van der Waals surface area contributed by atoms with Crippen LogP contribution in [0.2, 0.25) is 0 Å². The highest BCUT2D eigenvalue weighted by molar-refractivity contribution is 5.91. The van der Waals surface area contributed by atoms with E-state index in [9.17, 15) is 18.0 Å². The number of ether oxygens (including phenoxy) is 2. The fourth-order valence-electron chi connectivity index (χ4n) is 3.82. The number of methoxy groups -OCH3 is 1. The van der Waals surface area contributed by atoms with Gasteiger partial charge in [-0.1, -0.05) is 24.3 Å². The topological polar surface area (TPSA) is 76.2 Å². The molecule has 0 aliphatic rings. The molecule has 9 heteroatoms. The molecule has 2 aromatic heterocycles. The largest absolute Gasteiger partial charge is 0.497 e. The molecule has 0 radical (unpaired) electrons. The predicted molar refractivity (Wildman–Crippen MR) is 126 cm³/mol.